The van der Waals surface area contributed by atoms with Crippen molar-refractivity contribution in [2.45, 2.75) is 33.5 Å². The number of carbonyl (C=O) groups is 2. The van der Waals surface area contributed by atoms with Crippen LogP contribution in [0.25, 0.3) is 0 Å². The van der Waals surface area contributed by atoms with Crippen LogP contribution >= 0.6 is 0 Å². The van der Waals surface area contributed by atoms with Gasteiger partial charge in [-0.2, -0.15) is 13.2 Å². The summed E-state index contributed by atoms with van der Waals surface area (Å²) >= 11 is 0. The summed E-state index contributed by atoms with van der Waals surface area (Å²) in [6, 6.07) is 5.17. The van der Waals surface area contributed by atoms with E-state index >= 15 is 0 Å². The third kappa shape index (κ3) is 4.56. The molecule has 0 radical (unpaired) electrons. The van der Waals surface area contributed by atoms with Gasteiger partial charge in [0.2, 0.25) is 5.78 Å². The first-order chi connectivity index (χ1) is 12.9. The summed E-state index contributed by atoms with van der Waals surface area (Å²) in [6.45, 7) is 2.26. The fraction of sp³-hybridized carbons (Fsp3) is 0.333. The van der Waals surface area contributed by atoms with Gasteiger partial charge < -0.3 is 9.30 Å². The number of hydrogen-bond acceptors (Lipinski definition) is 5. The largest absolute Gasteiger partial charge is 0.454 e. The second-order valence-electron chi connectivity index (χ2n) is 6.19. The molecule has 0 bridgehead atoms. The number of nitro benzene ring substituents is 1. The number of aryl methyl sites for hydroxylation is 1. The van der Waals surface area contributed by atoms with E-state index in [2.05, 4.69) is 0 Å². The van der Waals surface area contributed by atoms with E-state index in [1.54, 1.807) is 0 Å². The monoisotopic (exact) mass is 398 g/mol. The quantitative estimate of drug-likeness (QED) is 0.318. The smallest absolute Gasteiger partial charge is 0.406 e. The molecule has 1 heterocycles. The van der Waals surface area contributed by atoms with E-state index < -0.39 is 36.0 Å². The molecule has 7 nitrogen and oxygen atoms in total. The van der Waals surface area contributed by atoms with Gasteiger partial charge in [0.25, 0.3) is 5.69 Å². The molecule has 0 atom stereocenters. The average molecular weight is 398 g/mol. The van der Waals surface area contributed by atoms with Gasteiger partial charge in [-0.05, 0) is 32.9 Å². The molecule has 0 aliphatic rings. The second-order valence-corrected chi connectivity index (χ2v) is 6.19. The summed E-state index contributed by atoms with van der Waals surface area (Å²) in [7, 11) is 0. The fourth-order valence-corrected chi connectivity index (χ4v) is 2.83. The van der Waals surface area contributed by atoms with Gasteiger partial charge in [0.15, 0.2) is 6.61 Å². The van der Waals surface area contributed by atoms with Crippen LogP contribution in [0.3, 0.4) is 0 Å². The molecule has 150 valence electrons. The van der Waals surface area contributed by atoms with Gasteiger partial charge in [0.1, 0.15) is 6.54 Å². The number of carbonyl (C=O) groups excluding carboxylic acids is 2. The number of rotatable bonds is 6. The number of hydrogen-bond donors (Lipinski definition) is 0. The van der Waals surface area contributed by atoms with Crippen molar-refractivity contribution in [3.05, 3.63) is 62.5 Å². The summed E-state index contributed by atoms with van der Waals surface area (Å²) in [5.74, 6) is -1.60. The molecule has 0 amide bonds. The maximum atomic E-state index is 12.7. The lowest BCUT2D eigenvalue weighted by atomic mass is 10.1. The Labute approximate surface area is 157 Å². The van der Waals surface area contributed by atoms with Crippen molar-refractivity contribution >= 4 is 17.4 Å². The lowest BCUT2D eigenvalue weighted by Crippen LogP contribution is -2.20. The summed E-state index contributed by atoms with van der Waals surface area (Å²) < 4.78 is 43.9. The third-order valence-corrected chi connectivity index (χ3v) is 4.27. The van der Waals surface area contributed by atoms with E-state index in [9.17, 15) is 32.9 Å². The third-order valence-electron chi connectivity index (χ3n) is 4.27. The van der Waals surface area contributed by atoms with Gasteiger partial charge >= 0.3 is 12.1 Å². The van der Waals surface area contributed by atoms with Crippen molar-refractivity contribution in [1.29, 1.82) is 0 Å². The molecule has 0 spiro atoms. The Kier molecular flexibility index (Phi) is 5.91. The zero-order valence-corrected chi connectivity index (χ0v) is 15.3. The van der Waals surface area contributed by atoms with Gasteiger partial charge in [0.05, 0.1) is 10.5 Å². The Morgan fingerprint density at radius 2 is 1.82 bits per heavy atom. The number of alkyl halides is 3. The number of Topliss-reactive ketones (excluding diaryl/α,β-unsaturated/α-hetero) is 1. The number of ether oxygens (including phenoxy) is 1. The molecule has 2 aromatic rings. The van der Waals surface area contributed by atoms with Crippen LogP contribution in [-0.2, 0) is 11.3 Å². The number of benzene rings is 1. The minimum atomic E-state index is -4.44. The normalized spacial score (nSPS) is 11.4. The number of aromatic nitrogens is 1. The number of nitro groups is 1. The summed E-state index contributed by atoms with van der Waals surface area (Å²) in [4.78, 5) is 34.8. The van der Waals surface area contributed by atoms with Crippen molar-refractivity contribution in [3.63, 3.8) is 0 Å². The molecule has 0 N–H and O–H groups in total. The minimum Gasteiger partial charge on any atom is -0.454 e. The lowest BCUT2D eigenvalue weighted by Gasteiger charge is -2.12. The first kappa shape index (κ1) is 21.1. The molecule has 10 heteroatoms. The Morgan fingerprint density at radius 1 is 1.18 bits per heavy atom. The fourth-order valence-electron chi connectivity index (χ4n) is 2.83. The topological polar surface area (TPSA) is 91.4 Å². The van der Waals surface area contributed by atoms with Crippen LogP contribution in [0.1, 0.15) is 37.7 Å². The van der Waals surface area contributed by atoms with E-state index in [1.807, 2.05) is 0 Å². The molecule has 0 unspecified atom stereocenters. The molecule has 0 aliphatic heterocycles. The molecular formula is C18H17F3N2O5. The van der Waals surface area contributed by atoms with Crippen LogP contribution in [0.15, 0.2) is 24.3 Å². The first-order valence-corrected chi connectivity index (χ1v) is 8.10. The van der Waals surface area contributed by atoms with Crippen molar-refractivity contribution in [3.8, 4) is 0 Å². The van der Waals surface area contributed by atoms with E-state index in [0.717, 1.165) is 4.57 Å². The molecule has 1 aromatic heterocycles. The zero-order valence-electron chi connectivity index (χ0n) is 15.3. The Bertz CT molecular complexity index is 947. The minimum absolute atomic E-state index is 0.0188. The van der Waals surface area contributed by atoms with Crippen LogP contribution in [0.5, 0.6) is 0 Å². The van der Waals surface area contributed by atoms with Gasteiger partial charge in [-0.15, -0.1) is 0 Å². The van der Waals surface area contributed by atoms with E-state index in [4.69, 9.17) is 4.74 Å². The van der Waals surface area contributed by atoms with Crippen molar-refractivity contribution in [2.75, 3.05) is 6.61 Å². The van der Waals surface area contributed by atoms with Crippen LogP contribution in [0, 0.1) is 30.9 Å². The van der Waals surface area contributed by atoms with Crippen LogP contribution in [-0.4, -0.2) is 34.0 Å². The first-order valence-electron chi connectivity index (χ1n) is 8.10. The molecule has 0 saturated carbocycles. The molecule has 0 saturated heterocycles. The second kappa shape index (κ2) is 7.83. The molecular weight excluding hydrogens is 381 g/mol. The van der Waals surface area contributed by atoms with Gasteiger partial charge in [-0.1, -0.05) is 6.07 Å². The van der Waals surface area contributed by atoms with Gasteiger partial charge in [-0.25, -0.2) is 4.79 Å². The van der Waals surface area contributed by atoms with Gasteiger partial charge in [-0.3, -0.25) is 14.9 Å². The number of ketones is 1. The molecule has 1 aromatic carbocycles. The summed E-state index contributed by atoms with van der Waals surface area (Å²) in [6.07, 6.45) is -4.44. The number of esters is 1. The number of halogens is 3. The lowest BCUT2D eigenvalue weighted by molar-refractivity contribution is -0.385. The predicted molar refractivity (Wildman–Crippen MR) is 92.4 cm³/mol. The maximum Gasteiger partial charge on any atom is 0.406 e. The average Bonchev–Trinajstić information content (AvgIpc) is 2.86. The SMILES string of the molecule is Cc1c(C(=O)OCC(=O)c2cc(C)n(CC(F)(F)F)c2C)cccc1[N+](=O)[O-]. The standard InChI is InChI=1S/C18H17F3N2O5/c1-10-7-14(12(3)22(10)9-18(19,20)21)16(24)8-28-17(25)13-5-4-6-15(11(13)2)23(26)27/h4-7H,8-9H2,1-3H3. The van der Waals surface area contributed by atoms with E-state index in [-0.39, 0.29) is 33.8 Å². The Hall–Kier alpha value is -3.17. The van der Waals surface area contributed by atoms with Crippen molar-refractivity contribution in [1.82, 2.24) is 4.57 Å². The zero-order chi connectivity index (χ0) is 21.2. The molecule has 0 fully saturated rings. The highest BCUT2D eigenvalue weighted by Gasteiger charge is 2.30. The van der Waals surface area contributed by atoms with Crippen molar-refractivity contribution in [2.24, 2.45) is 0 Å². The highest BCUT2D eigenvalue weighted by molar-refractivity contribution is 6.00. The van der Waals surface area contributed by atoms with E-state index in [1.165, 1.54) is 45.0 Å². The van der Waals surface area contributed by atoms with Crippen LogP contribution < -0.4 is 0 Å². The summed E-state index contributed by atoms with van der Waals surface area (Å²) in [5, 5.41) is 10.9. The molecule has 2 rings (SSSR count). The maximum absolute atomic E-state index is 12.7. The van der Waals surface area contributed by atoms with E-state index in [0.29, 0.717) is 0 Å². The van der Waals surface area contributed by atoms with Crippen molar-refractivity contribution < 1.29 is 32.4 Å². The van der Waals surface area contributed by atoms with Gasteiger partial charge in [0, 0.05) is 28.6 Å². The predicted octanol–water partition coefficient (Wildman–Crippen LogP) is 3.92. The molecule has 28 heavy (non-hydrogen) atoms. The molecule has 0 aliphatic carbocycles. The summed E-state index contributed by atoms with van der Waals surface area (Å²) in [5.41, 5.74) is 0.140. The highest BCUT2D eigenvalue weighted by Crippen LogP contribution is 2.24. The Morgan fingerprint density at radius 3 is 2.39 bits per heavy atom. The van der Waals surface area contributed by atoms with Crippen LogP contribution in [0.4, 0.5) is 18.9 Å². The van der Waals surface area contributed by atoms with Crippen LogP contribution in [0.2, 0.25) is 0 Å². The number of nitrogens with zero attached hydrogens (tertiary/aromatic N) is 2. The Balaban J connectivity index is 2.15. The highest BCUT2D eigenvalue weighted by atomic mass is 19.4.